The van der Waals surface area contributed by atoms with E-state index in [0.29, 0.717) is 6.61 Å². The molecule has 4 aromatic rings. The van der Waals surface area contributed by atoms with E-state index in [9.17, 15) is 0 Å². The van der Waals surface area contributed by atoms with E-state index in [1.165, 1.54) is 11.1 Å². The molecule has 4 nitrogen and oxygen atoms in total. The van der Waals surface area contributed by atoms with Crippen molar-refractivity contribution in [3.05, 3.63) is 115 Å². The summed E-state index contributed by atoms with van der Waals surface area (Å²) in [5.74, 6) is 0. The van der Waals surface area contributed by atoms with Gasteiger partial charge in [0.15, 0.2) is 0 Å². The van der Waals surface area contributed by atoms with Crippen molar-refractivity contribution in [3.8, 4) is 0 Å². The summed E-state index contributed by atoms with van der Waals surface area (Å²) >= 11 is 0. The monoisotopic (exact) mass is 391 g/mol. The third kappa shape index (κ3) is 2.87. The van der Waals surface area contributed by atoms with Gasteiger partial charge < -0.3 is 4.28 Å². The van der Waals surface area contributed by atoms with Crippen molar-refractivity contribution in [2.75, 3.05) is 13.7 Å². The first-order valence-electron chi connectivity index (χ1n) is 10.1. The molecule has 0 unspecified atom stereocenters. The number of aromatic nitrogens is 3. The van der Waals surface area contributed by atoms with Crippen LogP contribution in [-0.4, -0.2) is 35.0 Å². The Morgan fingerprint density at radius 1 is 0.667 bits per heavy atom. The van der Waals surface area contributed by atoms with E-state index in [1.807, 2.05) is 61.1 Å². The Morgan fingerprint density at radius 2 is 1.23 bits per heavy atom. The second-order valence-electron chi connectivity index (χ2n) is 7.60. The Labute approximate surface area is 176 Å². The highest BCUT2D eigenvalue weighted by molar-refractivity contribution is 7.12. The molecular weight excluding hydrogens is 369 g/mol. The van der Waals surface area contributed by atoms with E-state index in [4.69, 9.17) is 15.0 Å². The number of hydrogen-bond donors (Lipinski definition) is 0. The summed E-state index contributed by atoms with van der Waals surface area (Å²) in [6.07, 6.45) is 3.92. The summed E-state index contributed by atoms with van der Waals surface area (Å²) in [6.45, 7) is 0.711. The van der Waals surface area contributed by atoms with Crippen LogP contribution in [-0.2, 0) is 4.28 Å². The van der Waals surface area contributed by atoms with Gasteiger partial charge in [0.2, 0.25) is 0 Å². The fourth-order valence-corrected chi connectivity index (χ4v) is 4.73. The first-order valence-corrected chi connectivity index (χ1v) is 10.1. The Bertz CT molecular complexity index is 1130. The lowest BCUT2D eigenvalue weighted by atomic mass is 9.30. The van der Waals surface area contributed by atoms with Crippen LogP contribution in [0.5, 0.6) is 0 Å². The highest BCUT2D eigenvalue weighted by atomic mass is 16.6. The van der Waals surface area contributed by atoms with Gasteiger partial charge >= 0.3 is 6.35 Å². The van der Waals surface area contributed by atoms with Gasteiger partial charge in [-0.1, -0.05) is 66.1 Å². The first kappa shape index (κ1) is 18.5. The molecule has 0 amide bonds. The molecule has 1 aliphatic rings. The molecule has 1 aliphatic heterocycles. The van der Waals surface area contributed by atoms with Gasteiger partial charge in [0.1, 0.15) is 6.61 Å². The summed E-state index contributed by atoms with van der Waals surface area (Å²) in [5, 5.41) is 0. The molecule has 0 saturated carbocycles. The quantitative estimate of drug-likeness (QED) is 0.396. The molecule has 0 fully saturated rings. The van der Waals surface area contributed by atoms with E-state index in [1.54, 1.807) is 0 Å². The van der Waals surface area contributed by atoms with Crippen LogP contribution in [0.25, 0.3) is 11.0 Å². The fraction of sp³-hybridized carbons (Fsp3) is 0.0800. The molecule has 4 heterocycles. The minimum absolute atomic E-state index is 0.711. The molecule has 5 rings (SSSR count). The molecular formula is C25H22BN3O. The number of pyridine rings is 3. The van der Waals surface area contributed by atoms with Crippen LogP contribution in [0.2, 0.25) is 0 Å². The minimum Gasteiger partial charge on any atom is -0.657 e. The van der Waals surface area contributed by atoms with Gasteiger partial charge in [-0.2, -0.15) is 0 Å². The van der Waals surface area contributed by atoms with Gasteiger partial charge in [-0.3, -0.25) is 15.0 Å². The molecule has 0 spiro atoms. The highest BCUT2D eigenvalue weighted by Crippen LogP contribution is 2.42. The van der Waals surface area contributed by atoms with Gasteiger partial charge in [0.05, 0.1) is 7.11 Å². The molecule has 146 valence electrons. The van der Waals surface area contributed by atoms with Crippen LogP contribution in [0.15, 0.2) is 104 Å². The summed E-state index contributed by atoms with van der Waals surface area (Å²) in [4.78, 5) is 14.4. The number of hydrogen-bond acceptors (Lipinski definition) is 3. The third-order valence-corrected chi connectivity index (χ3v) is 5.98. The fourth-order valence-electron chi connectivity index (χ4n) is 4.73. The van der Waals surface area contributed by atoms with Crippen molar-refractivity contribution in [1.82, 2.24) is 15.0 Å². The van der Waals surface area contributed by atoms with Crippen molar-refractivity contribution in [2.45, 2.75) is 0 Å². The molecule has 0 atom stereocenters. The van der Waals surface area contributed by atoms with Crippen LogP contribution in [0.1, 0.15) is 11.3 Å². The summed E-state index contributed by atoms with van der Waals surface area (Å²) in [6, 6.07) is 28.8. The lowest BCUT2D eigenvalue weighted by Crippen LogP contribution is -2.66. The van der Waals surface area contributed by atoms with E-state index in [0.717, 1.165) is 22.4 Å². The predicted molar refractivity (Wildman–Crippen MR) is 123 cm³/mol. The van der Waals surface area contributed by atoms with Crippen molar-refractivity contribution < 1.29 is 4.28 Å². The van der Waals surface area contributed by atoms with E-state index < -0.39 is 6.35 Å². The Hall–Kier alpha value is -3.57. The lowest BCUT2D eigenvalue weighted by molar-refractivity contribution is 0.0923. The zero-order valence-electron chi connectivity index (χ0n) is 16.8. The molecule has 3 aromatic heterocycles. The zero-order valence-corrected chi connectivity index (χ0v) is 16.8. The largest absolute Gasteiger partial charge is 0.657 e. The molecule has 30 heavy (non-hydrogen) atoms. The molecule has 5 heteroatoms. The van der Waals surface area contributed by atoms with Gasteiger partial charge in [0.25, 0.3) is 0 Å². The smallest absolute Gasteiger partial charge is 0.414 e. The second-order valence-corrected chi connectivity index (χ2v) is 7.60. The normalized spacial score (nSPS) is 16.0. The van der Waals surface area contributed by atoms with Crippen LogP contribution < -0.4 is 11.2 Å². The Morgan fingerprint density at radius 3 is 1.77 bits per heavy atom. The van der Waals surface area contributed by atoms with Crippen molar-refractivity contribution in [2.24, 2.45) is 0 Å². The number of nitrogens with zero attached hydrogens (tertiary/aromatic N) is 3. The molecule has 1 aromatic carbocycles. The summed E-state index contributed by atoms with van der Waals surface area (Å²) < 4.78 is 3.43. The van der Waals surface area contributed by atoms with E-state index in [2.05, 4.69) is 53.9 Å². The molecule has 0 bridgehead atoms. The average molecular weight is 391 g/mol. The number of benzene rings is 1. The molecule has 0 saturated heterocycles. The van der Waals surface area contributed by atoms with E-state index in [-0.39, 0.29) is 0 Å². The minimum atomic E-state index is -1.64. The topological polar surface area (TPSA) is 41.4 Å². The maximum Gasteiger partial charge on any atom is 0.414 e. The van der Waals surface area contributed by atoms with Crippen LogP contribution in [0.4, 0.5) is 0 Å². The predicted octanol–water partition coefficient (Wildman–Crippen LogP) is 3.28. The van der Waals surface area contributed by atoms with Crippen molar-refractivity contribution in [1.29, 1.82) is 0 Å². The van der Waals surface area contributed by atoms with E-state index >= 15 is 0 Å². The standard InChI is InChI=1S/C25H22BN3O/c1-30-19-21(20-11-3-2-4-12-20)25(22-13-5-8-16-27-22)26(30,23-14-6-9-17-28-23)24-15-7-10-18-29-24/h2-18H,19H2,1H3. The molecule has 0 radical (unpaired) electrons. The van der Waals surface area contributed by atoms with Crippen molar-refractivity contribution in [3.63, 3.8) is 0 Å². The maximum absolute atomic E-state index is 4.83. The van der Waals surface area contributed by atoms with Gasteiger partial charge in [-0.25, -0.2) is 0 Å². The zero-order chi connectivity index (χ0) is 20.4. The molecule has 0 N–H and O–H groups in total. The maximum atomic E-state index is 4.83. The van der Waals surface area contributed by atoms with Gasteiger partial charge in [-0.15, -0.1) is 0 Å². The SMILES string of the molecule is C[O+]1CC(c2ccccc2)=C(c2ccccn2)[B-]1(c1ccccn1)c1ccccn1. The average Bonchev–Trinajstić information content (AvgIpc) is 3.15. The highest BCUT2D eigenvalue weighted by Gasteiger charge is 2.54. The molecule has 0 aliphatic carbocycles. The second kappa shape index (κ2) is 7.69. The lowest BCUT2D eigenvalue weighted by Gasteiger charge is -2.41. The van der Waals surface area contributed by atoms with Crippen molar-refractivity contribution >= 4 is 28.6 Å². The van der Waals surface area contributed by atoms with Gasteiger partial charge in [0, 0.05) is 29.9 Å². The summed E-state index contributed by atoms with van der Waals surface area (Å²) in [5.41, 5.74) is 6.47. The van der Waals surface area contributed by atoms with Crippen LogP contribution in [0.3, 0.4) is 0 Å². The first-order chi connectivity index (χ1) is 14.8. The Balaban J connectivity index is 1.90. The Kier molecular flexibility index (Phi) is 4.73. The van der Waals surface area contributed by atoms with Gasteiger partial charge in [-0.05, 0) is 41.0 Å². The van der Waals surface area contributed by atoms with Crippen LogP contribution in [0, 0.1) is 0 Å². The number of rotatable bonds is 4. The summed E-state index contributed by atoms with van der Waals surface area (Å²) in [7, 11) is 2.09. The third-order valence-electron chi connectivity index (χ3n) is 5.98. The van der Waals surface area contributed by atoms with Crippen LogP contribution >= 0.6 is 0 Å².